The van der Waals surface area contributed by atoms with Gasteiger partial charge in [0.2, 0.25) is 12.0 Å². The fourth-order valence-electron chi connectivity index (χ4n) is 2.30. The molecule has 1 saturated heterocycles. The molecule has 1 aromatic carbocycles. The summed E-state index contributed by atoms with van der Waals surface area (Å²) in [5.41, 5.74) is 0.161. The number of benzene rings is 1. The van der Waals surface area contributed by atoms with E-state index in [1.165, 1.54) is 12.1 Å². The van der Waals surface area contributed by atoms with Gasteiger partial charge in [-0.05, 0) is 24.3 Å². The molecule has 2 aliphatic heterocycles. The molecule has 2 aliphatic rings. The number of hydrogen-bond donors (Lipinski definition) is 0. The third-order valence-corrected chi connectivity index (χ3v) is 3.54. The van der Waals surface area contributed by atoms with Crippen LogP contribution in [0.25, 0.3) is 0 Å². The number of nitrogens with zero attached hydrogens (tertiary/aromatic N) is 2. The summed E-state index contributed by atoms with van der Waals surface area (Å²) in [7, 11) is 1.16. The van der Waals surface area contributed by atoms with Gasteiger partial charge < -0.3 is 9.57 Å². The standard InChI is InChI=1S/C13H9ClN2O5/c1-20-13(19)9-8-10(21-15-9)12(18)16(11(8)17)7-4-2-6(14)3-5-7/h2-5,8,10H,1H3/t8-,10+/m0/s1. The summed E-state index contributed by atoms with van der Waals surface area (Å²) in [6, 6.07) is 6.19. The predicted octanol–water partition coefficient (Wildman–Crippen LogP) is 0.757. The van der Waals surface area contributed by atoms with Crippen LogP contribution in [0.1, 0.15) is 0 Å². The van der Waals surface area contributed by atoms with Gasteiger partial charge in [-0.1, -0.05) is 16.8 Å². The van der Waals surface area contributed by atoms with Crippen molar-refractivity contribution in [3.63, 3.8) is 0 Å². The number of methoxy groups -OCH3 is 1. The third-order valence-electron chi connectivity index (χ3n) is 3.29. The average molecular weight is 309 g/mol. The number of ether oxygens (including phenoxy) is 1. The highest BCUT2D eigenvalue weighted by atomic mass is 35.5. The second-order valence-corrected chi connectivity index (χ2v) is 4.90. The molecule has 21 heavy (non-hydrogen) atoms. The molecule has 0 radical (unpaired) electrons. The Morgan fingerprint density at radius 3 is 2.57 bits per heavy atom. The van der Waals surface area contributed by atoms with Crippen LogP contribution >= 0.6 is 11.6 Å². The highest BCUT2D eigenvalue weighted by molar-refractivity contribution is 6.46. The van der Waals surface area contributed by atoms with Crippen LogP contribution in [0.3, 0.4) is 0 Å². The lowest BCUT2D eigenvalue weighted by molar-refractivity contribution is -0.133. The van der Waals surface area contributed by atoms with E-state index in [1.54, 1.807) is 12.1 Å². The Hall–Kier alpha value is -2.41. The van der Waals surface area contributed by atoms with Crippen LogP contribution in [0.5, 0.6) is 0 Å². The first-order chi connectivity index (χ1) is 10.0. The molecule has 1 aromatic rings. The van der Waals surface area contributed by atoms with Gasteiger partial charge in [0.15, 0.2) is 5.71 Å². The minimum absolute atomic E-state index is 0.197. The monoisotopic (exact) mass is 308 g/mol. The van der Waals surface area contributed by atoms with Crippen LogP contribution in [0, 0.1) is 5.92 Å². The Balaban J connectivity index is 1.95. The molecular formula is C13H9ClN2O5. The normalized spacial score (nSPS) is 23.7. The number of hydrogen-bond acceptors (Lipinski definition) is 6. The fraction of sp³-hybridized carbons (Fsp3) is 0.231. The van der Waals surface area contributed by atoms with Gasteiger partial charge in [0, 0.05) is 5.02 Å². The lowest BCUT2D eigenvalue weighted by Crippen LogP contribution is -2.34. The van der Waals surface area contributed by atoms with Gasteiger partial charge in [0.1, 0.15) is 5.92 Å². The Morgan fingerprint density at radius 1 is 1.29 bits per heavy atom. The van der Waals surface area contributed by atoms with E-state index in [2.05, 4.69) is 9.89 Å². The van der Waals surface area contributed by atoms with Gasteiger partial charge in [-0.15, -0.1) is 0 Å². The summed E-state index contributed by atoms with van der Waals surface area (Å²) in [6.07, 6.45) is -1.12. The molecule has 0 saturated carbocycles. The molecular weight excluding hydrogens is 300 g/mol. The molecule has 0 N–H and O–H groups in total. The van der Waals surface area contributed by atoms with Crippen LogP contribution in [-0.2, 0) is 24.0 Å². The largest absolute Gasteiger partial charge is 0.464 e. The molecule has 1 fully saturated rings. The minimum atomic E-state index is -1.12. The maximum Gasteiger partial charge on any atom is 0.356 e. The first kappa shape index (κ1) is 13.6. The molecule has 8 heteroatoms. The van der Waals surface area contributed by atoms with E-state index in [9.17, 15) is 14.4 Å². The zero-order valence-corrected chi connectivity index (χ0v) is 11.5. The molecule has 3 rings (SSSR count). The Labute approximate surface area is 124 Å². The van der Waals surface area contributed by atoms with E-state index in [1.807, 2.05) is 0 Å². The van der Waals surface area contributed by atoms with Crippen molar-refractivity contribution in [3.8, 4) is 0 Å². The molecule has 0 spiro atoms. The van der Waals surface area contributed by atoms with Gasteiger partial charge in [0.25, 0.3) is 5.91 Å². The van der Waals surface area contributed by atoms with Crippen molar-refractivity contribution in [2.24, 2.45) is 11.1 Å². The number of anilines is 1. The van der Waals surface area contributed by atoms with Crippen LogP contribution in [0.2, 0.25) is 5.02 Å². The zero-order valence-electron chi connectivity index (χ0n) is 10.8. The number of imide groups is 1. The summed E-state index contributed by atoms with van der Waals surface area (Å²) in [4.78, 5) is 42.1. The van der Waals surface area contributed by atoms with Gasteiger partial charge in [-0.2, -0.15) is 0 Å². The number of rotatable bonds is 2. The topological polar surface area (TPSA) is 85.3 Å². The number of amides is 2. The van der Waals surface area contributed by atoms with Crippen molar-refractivity contribution in [2.45, 2.75) is 6.10 Å². The quantitative estimate of drug-likeness (QED) is 0.595. The smallest absolute Gasteiger partial charge is 0.356 e. The van der Waals surface area contributed by atoms with Crippen molar-refractivity contribution in [1.82, 2.24) is 0 Å². The molecule has 2 atom stereocenters. The molecule has 2 heterocycles. The van der Waals surface area contributed by atoms with E-state index >= 15 is 0 Å². The Bertz CT molecular complexity index is 670. The van der Waals surface area contributed by atoms with Crippen molar-refractivity contribution in [2.75, 3.05) is 12.0 Å². The molecule has 2 amide bonds. The number of halogens is 1. The first-order valence-corrected chi connectivity index (χ1v) is 6.38. The SMILES string of the molecule is COC(=O)C1=NO[C@H]2C(=O)N(c3ccc(Cl)cc3)C(=O)[C@@H]12. The average Bonchev–Trinajstić information content (AvgIpc) is 3.01. The van der Waals surface area contributed by atoms with Crippen molar-refractivity contribution < 1.29 is 24.0 Å². The molecule has 108 valence electrons. The summed E-state index contributed by atoms with van der Waals surface area (Å²) >= 11 is 5.78. The molecule has 0 bridgehead atoms. The second-order valence-electron chi connectivity index (χ2n) is 4.46. The molecule has 0 aliphatic carbocycles. The number of esters is 1. The maximum atomic E-state index is 12.4. The molecule has 7 nitrogen and oxygen atoms in total. The summed E-state index contributed by atoms with van der Waals surface area (Å²) in [5, 5.41) is 3.96. The Kier molecular flexibility index (Phi) is 3.13. The number of carbonyl (C=O) groups is 3. The summed E-state index contributed by atoms with van der Waals surface area (Å²) < 4.78 is 4.53. The molecule has 0 aromatic heterocycles. The van der Waals surface area contributed by atoms with Gasteiger partial charge in [-0.3, -0.25) is 9.59 Å². The van der Waals surface area contributed by atoms with E-state index in [-0.39, 0.29) is 5.71 Å². The summed E-state index contributed by atoms with van der Waals surface area (Å²) in [5.74, 6) is -3.01. The summed E-state index contributed by atoms with van der Waals surface area (Å²) in [6.45, 7) is 0. The molecule has 0 unspecified atom stereocenters. The highest BCUT2D eigenvalue weighted by Crippen LogP contribution is 2.33. The maximum absolute atomic E-state index is 12.4. The van der Waals surface area contributed by atoms with Crippen molar-refractivity contribution >= 4 is 40.8 Å². The van der Waals surface area contributed by atoms with E-state index in [0.29, 0.717) is 10.7 Å². The van der Waals surface area contributed by atoms with Gasteiger partial charge >= 0.3 is 5.97 Å². The number of oxime groups is 1. The van der Waals surface area contributed by atoms with Gasteiger partial charge in [-0.25, -0.2) is 9.69 Å². The zero-order chi connectivity index (χ0) is 15.1. The second kappa shape index (κ2) is 4.85. The lowest BCUT2D eigenvalue weighted by atomic mass is 10.00. The van der Waals surface area contributed by atoms with Crippen LogP contribution in [0.15, 0.2) is 29.4 Å². The predicted molar refractivity (Wildman–Crippen MR) is 71.8 cm³/mol. The van der Waals surface area contributed by atoms with Crippen molar-refractivity contribution in [3.05, 3.63) is 29.3 Å². The first-order valence-electron chi connectivity index (χ1n) is 6.00. The third kappa shape index (κ3) is 1.97. The van der Waals surface area contributed by atoms with Gasteiger partial charge in [0.05, 0.1) is 12.8 Å². The van der Waals surface area contributed by atoms with Crippen LogP contribution in [-0.4, -0.2) is 36.7 Å². The van der Waals surface area contributed by atoms with Crippen molar-refractivity contribution in [1.29, 1.82) is 0 Å². The Morgan fingerprint density at radius 2 is 1.95 bits per heavy atom. The fourth-order valence-corrected chi connectivity index (χ4v) is 2.42. The number of fused-ring (bicyclic) bond motifs is 1. The van der Waals surface area contributed by atoms with Crippen LogP contribution < -0.4 is 4.90 Å². The minimum Gasteiger partial charge on any atom is -0.464 e. The number of carbonyl (C=O) groups excluding carboxylic acids is 3. The highest BCUT2D eigenvalue weighted by Gasteiger charge is 2.57. The van der Waals surface area contributed by atoms with E-state index < -0.39 is 29.8 Å². The van der Waals surface area contributed by atoms with E-state index in [4.69, 9.17) is 16.4 Å². The lowest BCUT2D eigenvalue weighted by Gasteiger charge is -2.15. The van der Waals surface area contributed by atoms with E-state index in [0.717, 1.165) is 12.0 Å². The van der Waals surface area contributed by atoms with Crippen LogP contribution in [0.4, 0.5) is 5.69 Å².